The molecular weight excluding hydrogens is 624 g/mol. The number of ether oxygens (including phenoxy) is 2. The average molecular weight is 658 g/mol. The lowest BCUT2D eigenvalue weighted by atomic mass is 9.93. The number of hydrogen-bond donors (Lipinski definition) is 1. The van der Waals surface area contributed by atoms with E-state index in [9.17, 15) is 14.0 Å². The number of benzene rings is 2. The Morgan fingerprint density at radius 2 is 1.96 bits per heavy atom. The number of aromatic nitrogens is 3. The first kappa shape index (κ1) is 30.7. The maximum Gasteiger partial charge on any atom is 0.251 e. The summed E-state index contributed by atoms with van der Waals surface area (Å²) in [6, 6.07) is 11.5. The molecule has 0 fully saturated rings. The third-order valence-electron chi connectivity index (χ3n) is 8.54. The summed E-state index contributed by atoms with van der Waals surface area (Å²) in [7, 11) is 1.52. The van der Waals surface area contributed by atoms with Crippen LogP contribution >= 0.6 is 11.3 Å². The highest BCUT2D eigenvalue weighted by atomic mass is 32.1. The number of pyridine rings is 1. The van der Waals surface area contributed by atoms with Crippen molar-refractivity contribution >= 4 is 33.2 Å². The fourth-order valence-electron chi connectivity index (χ4n) is 6.27. The summed E-state index contributed by atoms with van der Waals surface area (Å²) in [5, 5.41) is 10.5. The summed E-state index contributed by atoms with van der Waals surface area (Å²) in [4.78, 5) is 31.7. The zero-order valence-electron chi connectivity index (χ0n) is 25.6. The monoisotopic (exact) mass is 657 g/mol. The molecule has 0 aliphatic carbocycles. The van der Waals surface area contributed by atoms with Gasteiger partial charge < -0.3 is 19.7 Å². The Morgan fingerprint density at radius 3 is 2.79 bits per heavy atom. The zero-order chi connectivity index (χ0) is 32.7. The Bertz CT molecular complexity index is 2040. The molecule has 0 radical (unpaired) electrons. The van der Waals surface area contributed by atoms with E-state index >= 15 is 4.39 Å². The van der Waals surface area contributed by atoms with E-state index in [2.05, 4.69) is 11.9 Å². The van der Waals surface area contributed by atoms with Crippen LogP contribution in [0.4, 0.5) is 8.78 Å². The molecule has 1 N–H and O–H groups in total. The van der Waals surface area contributed by atoms with E-state index in [4.69, 9.17) is 19.6 Å². The number of hydrogen-bond acceptors (Lipinski definition) is 7. The lowest BCUT2D eigenvalue weighted by Gasteiger charge is -2.19. The molecule has 242 valence electrons. The number of carbonyl (C=O) groups is 2. The second-order valence-corrected chi connectivity index (χ2v) is 12.3. The van der Waals surface area contributed by atoms with Crippen molar-refractivity contribution in [3.05, 3.63) is 89.0 Å². The van der Waals surface area contributed by atoms with Crippen LogP contribution in [0, 0.1) is 11.6 Å². The van der Waals surface area contributed by atoms with Crippen molar-refractivity contribution in [3.63, 3.8) is 0 Å². The van der Waals surface area contributed by atoms with Crippen LogP contribution in [-0.4, -0.2) is 71.4 Å². The van der Waals surface area contributed by atoms with Crippen molar-refractivity contribution in [2.45, 2.75) is 19.4 Å². The molecule has 5 heterocycles. The van der Waals surface area contributed by atoms with Crippen LogP contribution in [0.25, 0.3) is 43.9 Å². The Hall–Kier alpha value is -4.94. The molecule has 9 nitrogen and oxygen atoms in total. The van der Waals surface area contributed by atoms with Gasteiger partial charge in [0.1, 0.15) is 35.4 Å². The van der Waals surface area contributed by atoms with Crippen LogP contribution in [0.1, 0.15) is 23.0 Å². The van der Waals surface area contributed by atoms with Gasteiger partial charge in [0.25, 0.3) is 5.91 Å². The van der Waals surface area contributed by atoms with E-state index in [-0.39, 0.29) is 37.8 Å². The van der Waals surface area contributed by atoms with E-state index in [1.165, 1.54) is 30.6 Å². The van der Waals surface area contributed by atoms with E-state index in [0.717, 1.165) is 33.0 Å². The molecular formula is C35H33F2N5O4S. The number of methoxy groups -OCH3 is 1. The van der Waals surface area contributed by atoms with Crippen LogP contribution < -0.4 is 10.1 Å². The largest absolute Gasteiger partial charge is 0.490 e. The molecule has 0 saturated carbocycles. The van der Waals surface area contributed by atoms with Gasteiger partial charge in [-0.3, -0.25) is 14.3 Å². The van der Waals surface area contributed by atoms with E-state index in [1.54, 1.807) is 4.90 Å². The van der Waals surface area contributed by atoms with Gasteiger partial charge in [0.15, 0.2) is 0 Å². The maximum atomic E-state index is 16.0. The molecule has 2 aliphatic heterocycles. The molecule has 2 aromatic carbocycles. The molecule has 7 rings (SSSR count). The highest BCUT2D eigenvalue weighted by molar-refractivity contribution is 7.18. The van der Waals surface area contributed by atoms with Crippen LogP contribution in [0.3, 0.4) is 0 Å². The van der Waals surface area contributed by atoms with E-state index in [1.807, 2.05) is 40.4 Å². The Balaban J connectivity index is 0.00000401. The molecule has 0 unspecified atom stereocenters. The fourth-order valence-corrected chi connectivity index (χ4v) is 7.22. The van der Waals surface area contributed by atoms with Gasteiger partial charge in [0.2, 0.25) is 5.91 Å². The first-order valence-electron chi connectivity index (χ1n) is 15.3. The van der Waals surface area contributed by atoms with E-state index < -0.39 is 11.6 Å². The summed E-state index contributed by atoms with van der Waals surface area (Å²) in [6.07, 6.45) is 2.55. The molecule has 0 atom stereocenters. The van der Waals surface area contributed by atoms with Crippen LogP contribution in [0.15, 0.2) is 60.5 Å². The molecule has 0 saturated heterocycles. The summed E-state index contributed by atoms with van der Waals surface area (Å²) >= 11 is 1.42. The smallest absolute Gasteiger partial charge is 0.251 e. The van der Waals surface area contributed by atoms with Gasteiger partial charge in [-0.05, 0) is 47.7 Å². The lowest BCUT2D eigenvalue weighted by molar-refractivity contribution is -0.126. The lowest BCUT2D eigenvalue weighted by Crippen LogP contribution is -2.32. The van der Waals surface area contributed by atoms with Crippen molar-refractivity contribution in [3.8, 4) is 39.5 Å². The van der Waals surface area contributed by atoms with Gasteiger partial charge >= 0.3 is 0 Å². The van der Waals surface area contributed by atoms with Crippen molar-refractivity contribution in [1.29, 1.82) is 0 Å². The second-order valence-electron chi connectivity index (χ2n) is 11.4. The third kappa shape index (κ3) is 5.68. The number of nitrogens with zero attached hydrogens (tertiary/aromatic N) is 4. The number of carbonyl (C=O) groups excluding carboxylic acids is 2. The molecule has 0 bridgehead atoms. The molecule has 47 heavy (non-hydrogen) atoms. The van der Waals surface area contributed by atoms with Gasteiger partial charge in [-0.25, -0.2) is 13.8 Å². The van der Waals surface area contributed by atoms with Gasteiger partial charge in [0.05, 0.1) is 24.4 Å². The average Bonchev–Trinajstić information content (AvgIpc) is 3.67. The topological polar surface area (TPSA) is 98.6 Å². The van der Waals surface area contributed by atoms with Crippen LogP contribution in [0.2, 0.25) is 0 Å². The normalized spacial score (nSPS) is 14.4. The maximum absolute atomic E-state index is 16.0. The van der Waals surface area contributed by atoms with Crippen molar-refractivity contribution in [2.75, 3.05) is 40.0 Å². The highest BCUT2D eigenvalue weighted by Crippen LogP contribution is 2.47. The van der Waals surface area contributed by atoms with E-state index in [0.29, 0.717) is 67.2 Å². The van der Waals surface area contributed by atoms with Crippen molar-refractivity contribution in [2.24, 2.45) is 0 Å². The number of fused-ring (bicyclic) bond motifs is 3. The number of halogens is 2. The molecule has 12 heteroatoms. The molecule has 2 amide bonds. The zero-order valence-corrected chi connectivity index (χ0v) is 26.5. The third-order valence-corrected chi connectivity index (χ3v) is 9.47. The fraction of sp³-hybridized carbons (Fsp3) is 0.257. The SMILES string of the molecule is C=CC(=O)N1CCc2cc(-c3nc(-c4ccc5c(c4)CCNC5=O)c4ccsc4c3-c3c(F)cc(F)cc3OCCOC)nn2CC1.[HH]. The quantitative estimate of drug-likeness (QED) is 0.165. The molecule has 3 aromatic heterocycles. The van der Waals surface area contributed by atoms with Gasteiger partial charge in [0, 0.05) is 79.2 Å². The number of amides is 2. The Kier molecular flexibility index (Phi) is 8.29. The number of thiophene rings is 1. The standard InChI is InChI=1S/C35H31F2N5O4S.H2/c1-3-29(43)41-10-7-23-19-27(40-42(23)12-11-41)33-31(30-26(37)17-22(36)18-28(30)46-14-13-45-2)34-25(8-15-47-34)32(39-33)21-4-5-24-20(16-21)6-9-38-35(24)44;/h3-5,8,15-19H,1,6-7,9-14H2,2H3,(H,38,44);1H. The van der Waals surface area contributed by atoms with Crippen molar-refractivity contribution in [1.82, 2.24) is 25.0 Å². The van der Waals surface area contributed by atoms with Crippen LogP contribution in [-0.2, 0) is 28.9 Å². The minimum Gasteiger partial charge on any atom is -0.490 e. The van der Waals surface area contributed by atoms with Gasteiger partial charge in [-0.15, -0.1) is 11.3 Å². The predicted octanol–water partition coefficient (Wildman–Crippen LogP) is 5.90. The first-order valence-corrected chi connectivity index (χ1v) is 16.2. The van der Waals surface area contributed by atoms with Crippen LogP contribution in [0.5, 0.6) is 5.75 Å². The Morgan fingerprint density at radius 1 is 1.09 bits per heavy atom. The first-order chi connectivity index (χ1) is 22.9. The summed E-state index contributed by atoms with van der Waals surface area (Å²) in [5.41, 5.74) is 5.37. The predicted molar refractivity (Wildman–Crippen MR) is 178 cm³/mol. The highest BCUT2D eigenvalue weighted by Gasteiger charge is 2.28. The van der Waals surface area contributed by atoms with Gasteiger partial charge in [-0.2, -0.15) is 5.10 Å². The number of nitrogens with one attached hydrogen (secondary N) is 1. The summed E-state index contributed by atoms with van der Waals surface area (Å²) in [6.45, 7) is 5.89. The minimum absolute atomic E-state index is 0. The second kappa shape index (κ2) is 12.7. The summed E-state index contributed by atoms with van der Waals surface area (Å²) < 4.78 is 44.3. The molecule has 2 aliphatic rings. The summed E-state index contributed by atoms with van der Waals surface area (Å²) in [5.74, 6) is -1.77. The minimum atomic E-state index is -0.790. The Labute approximate surface area is 274 Å². The van der Waals surface area contributed by atoms with Crippen molar-refractivity contribution < 1.29 is 29.3 Å². The van der Waals surface area contributed by atoms with Gasteiger partial charge in [-0.1, -0.05) is 12.6 Å². The number of rotatable bonds is 8. The molecule has 5 aromatic rings. The molecule has 0 spiro atoms.